The number of benzene rings is 2. The van der Waals surface area contributed by atoms with Crippen LogP contribution in [0.5, 0.6) is 0 Å². The molecule has 0 unspecified atom stereocenters. The number of nitrogens with zero attached hydrogens (tertiary/aromatic N) is 1. The smallest absolute Gasteiger partial charge is 0.0446 e. The molecule has 35 heavy (non-hydrogen) atoms. The van der Waals surface area contributed by atoms with E-state index in [0.29, 0.717) is 0 Å². The van der Waals surface area contributed by atoms with Gasteiger partial charge in [-0.1, -0.05) is 97.7 Å². The van der Waals surface area contributed by atoms with Gasteiger partial charge < -0.3 is 16.1 Å². The second-order valence-corrected chi connectivity index (χ2v) is 7.63. The molecule has 0 radical (unpaired) electrons. The first-order valence-corrected chi connectivity index (χ1v) is 11.8. The Labute approximate surface area is 212 Å². The molecule has 0 aliphatic heterocycles. The van der Waals surface area contributed by atoms with Crippen LogP contribution in [0.15, 0.2) is 134 Å². The number of hydrazine groups is 1. The number of rotatable bonds is 12. The first-order valence-electron chi connectivity index (χ1n) is 11.8. The Morgan fingerprint density at radius 2 is 1.71 bits per heavy atom. The van der Waals surface area contributed by atoms with Crippen molar-refractivity contribution < 1.29 is 0 Å². The third kappa shape index (κ3) is 12.1. The molecule has 0 bridgehead atoms. The minimum absolute atomic E-state index is 0.787. The Morgan fingerprint density at radius 3 is 2.40 bits per heavy atom. The lowest BCUT2D eigenvalue weighted by Gasteiger charge is -2.26. The highest BCUT2D eigenvalue weighted by Gasteiger charge is 2.10. The summed E-state index contributed by atoms with van der Waals surface area (Å²) in [6.07, 6.45) is 23.0. The molecule has 2 rings (SSSR count). The molecule has 5 N–H and O–H groups in total. The van der Waals surface area contributed by atoms with Crippen molar-refractivity contribution >= 4 is 17.1 Å². The van der Waals surface area contributed by atoms with Crippen molar-refractivity contribution in [1.29, 1.82) is 0 Å². The fourth-order valence-corrected chi connectivity index (χ4v) is 3.23. The highest BCUT2D eigenvalue weighted by atomic mass is 15.2. The molecule has 4 nitrogen and oxygen atoms in total. The van der Waals surface area contributed by atoms with Gasteiger partial charge in [-0.15, -0.1) is 0 Å². The number of nitrogens with two attached hydrogens (primary N) is 2. The average molecular weight is 469 g/mol. The summed E-state index contributed by atoms with van der Waals surface area (Å²) in [7, 11) is 0. The van der Waals surface area contributed by atoms with Crippen LogP contribution in [0.4, 0.5) is 17.1 Å². The maximum Gasteiger partial charge on any atom is 0.0446 e. The summed E-state index contributed by atoms with van der Waals surface area (Å²) in [5.41, 5.74) is 14.1. The molecule has 0 aliphatic carbocycles. The maximum absolute atomic E-state index is 5.92. The van der Waals surface area contributed by atoms with Gasteiger partial charge in [0.1, 0.15) is 0 Å². The van der Waals surface area contributed by atoms with Crippen LogP contribution in [0.1, 0.15) is 25.8 Å². The van der Waals surface area contributed by atoms with Crippen molar-refractivity contribution in [1.82, 2.24) is 5.43 Å². The summed E-state index contributed by atoms with van der Waals surface area (Å²) in [5.74, 6) is 5.07. The van der Waals surface area contributed by atoms with Crippen LogP contribution < -0.4 is 21.9 Å². The average Bonchev–Trinajstić information content (AvgIpc) is 2.86. The topological polar surface area (TPSA) is 67.3 Å². The summed E-state index contributed by atoms with van der Waals surface area (Å²) in [5, 5.41) is 0. The zero-order valence-electron chi connectivity index (χ0n) is 21.1. The molecule has 0 aromatic heterocycles. The molecule has 0 heterocycles. The van der Waals surface area contributed by atoms with Crippen LogP contribution in [-0.2, 0) is 6.42 Å². The molecule has 0 spiro atoms. The summed E-state index contributed by atoms with van der Waals surface area (Å²) in [6, 6.07) is 16.5. The number of nitrogen functional groups attached to an aromatic ring is 1. The highest BCUT2D eigenvalue weighted by molar-refractivity contribution is 5.69. The van der Waals surface area contributed by atoms with Gasteiger partial charge in [0, 0.05) is 29.8 Å². The van der Waals surface area contributed by atoms with Gasteiger partial charge in [-0.25, -0.2) is 0 Å². The van der Waals surface area contributed by atoms with Crippen molar-refractivity contribution in [3.63, 3.8) is 0 Å². The van der Waals surface area contributed by atoms with E-state index >= 15 is 0 Å². The molecule has 4 heteroatoms. The van der Waals surface area contributed by atoms with Crippen LogP contribution in [0, 0.1) is 0 Å². The van der Waals surface area contributed by atoms with E-state index in [1.165, 1.54) is 16.8 Å². The zero-order valence-corrected chi connectivity index (χ0v) is 21.1. The molecule has 184 valence electrons. The van der Waals surface area contributed by atoms with Crippen molar-refractivity contribution in [3.8, 4) is 0 Å². The number of anilines is 3. The molecule has 0 saturated heterocycles. The van der Waals surface area contributed by atoms with Gasteiger partial charge in [0.25, 0.3) is 0 Å². The van der Waals surface area contributed by atoms with Crippen molar-refractivity contribution in [3.05, 3.63) is 140 Å². The minimum Gasteiger partial charge on any atom is -0.399 e. The Morgan fingerprint density at radius 1 is 0.943 bits per heavy atom. The van der Waals surface area contributed by atoms with Gasteiger partial charge in [-0.2, -0.15) is 0 Å². The van der Waals surface area contributed by atoms with Gasteiger partial charge in [0.05, 0.1) is 0 Å². The molecular formula is C31H40N4. The van der Waals surface area contributed by atoms with Gasteiger partial charge in [0.2, 0.25) is 0 Å². The molecule has 2 aromatic rings. The lowest BCUT2D eigenvalue weighted by Crippen LogP contribution is -2.17. The normalized spacial score (nSPS) is 11.7. The predicted octanol–water partition coefficient (Wildman–Crippen LogP) is 7.31. The highest BCUT2D eigenvalue weighted by Crippen LogP contribution is 2.29. The third-order valence-electron chi connectivity index (χ3n) is 4.90. The van der Waals surface area contributed by atoms with Crippen molar-refractivity contribution in [2.75, 3.05) is 17.2 Å². The molecule has 0 amide bonds. The van der Waals surface area contributed by atoms with Gasteiger partial charge in [-0.05, 0) is 62.6 Å². The molecule has 0 aliphatic rings. The van der Waals surface area contributed by atoms with Crippen LogP contribution in [0.25, 0.3) is 0 Å². The third-order valence-corrected chi connectivity index (χ3v) is 4.90. The van der Waals surface area contributed by atoms with E-state index in [1.54, 1.807) is 18.4 Å². The number of nitrogens with one attached hydrogen (secondary N) is 1. The summed E-state index contributed by atoms with van der Waals surface area (Å²) in [4.78, 5) is 2.29. The molecule has 2 aromatic carbocycles. The van der Waals surface area contributed by atoms with E-state index < -0.39 is 0 Å². The predicted molar refractivity (Wildman–Crippen MR) is 156 cm³/mol. The molecule has 0 fully saturated rings. The molecule has 0 atom stereocenters. The standard InChI is InChI=1S/C19H22N2.C12H18N2/c1-3-5-6-10-16-11-7-8-14-19(16)21(4-2)18-13-9-12-17(20)15-18;1-3-4-5-6-7-9-12(2)10-8-11-14-13/h3,5-9,11-15H,1,4,10,20H2,2H3;3-8,10-11,14H,1,9,13H2,2H3/b6-5-;5-4-,7-6-,11-8-,12-10+. The lowest BCUT2D eigenvalue weighted by molar-refractivity contribution is 0.967. The van der Waals surface area contributed by atoms with E-state index in [-0.39, 0.29) is 0 Å². The number of hydrogen-bond acceptors (Lipinski definition) is 4. The number of hydrogen-bond donors (Lipinski definition) is 3. The van der Waals surface area contributed by atoms with Crippen molar-refractivity contribution in [2.24, 2.45) is 5.84 Å². The summed E-state index contributed by atoms with van der Waals surface area (Å²) in [6.45, 7) is 12.4. The van der Waals surface area contributed by atoms with Crippen LogP contribution in [0.3, 0.4) is 0 Å². The van der Waals surface area contributed by atoms with Gasteiger partial charge in [-0.3, -0.25) is 5.84 Å². The first-order chi connectivity index (χ1) is 17.1. The van der Waals surface area contributed by atoms with Crippen LogP contribution in [0.2, 0.25) is 0 Å². The van der Waals surface area contributed by atoms with E-state index in [9.17, 15) is 0 Å². The van der Waals surface area contributed by atoms with Crippen LogP contribution in [-0.4, -0.2) is 6.54 Å². The van der Waals surface area contributed by atoms with Crippen molar-refractivity contribution in [2.45, 2.75) is 26.7 Å². The Balaban J connectivity index is 0.000000383. The second-order valence-electron chi connectivity index (χ2n) is 7.63. The monoisotopic (exact) mass is 468 g/mol. The van der Waals surface area contributed by atoms with Gasteiger partial charge >= 0.3 is 0 Å². The lowest BCUT2D eigenvalue weighted by atomic mass is 10.1. The van der Waals surface area contributed by atoms with E-state index in [4.69, 9.17) is 11.6 Å². The quantitative estimate of drug-likeness (QED) is 0.132. The minimum atomic E-state index is 0.787. The SMILES string of the molecule is C=C/C=C\C=C/C/C(C)=C/C=C\NN.C=C/C=C\Cc1ccccc1N(CC)c1cccc(N)c1. The first kappa shape index (κ1) is 29.0. The fraction of sp³-hybridized carbons (Fsp3) is 0.161. The molecule has 0 saturated carbocycles. The Kier molecular flexibility index (Phi) is 15.3. The Bertz CT molecular complexity index is 1040. The second kappa shape index (κ2) is 18.4. The van der Waals surface area contributed by atoms with Gasteiger partial charge in [0.15, 0.2) is 0 Å². The largest absolute Gasteiger partial charge is 0.399 e. The number of allylic oxidation sites excluding steroid dienone is 11. The van der Waals surface area contributed by atoms with E-state index in [0.717, 1.165) is 30.8 Å². The maximum atomic E-state index is 5.92. The summed E-state index contributed by atoms with van der Waals surface area (Å²) >= 11 is 0. The zero-order chi connectivity index (χ0) is 25.7. The Hall–Kier alpha value is -4.02. The molecular weight excluding hydrogens is 428 g/mol. The van der Waals surface area contributed by atoms with E-state index in [2.05, 4.69) is 79.8 Å². The van der Waals surface area contributed by atoms with E-state index in [1.807, 2.05) is 54.7 Å². The van der Waals surface area contributed by atoms with Crippen LogP contribution >= 0.6 is 0 Å². The fourth-order valence-electron chi connectivity index (χ4n) is 3.23. The summed E-state index contributed by atoms with van der Waals surface area (Å²) < 4.78 is 0. The number of para-hydroxylation sites is 1.